The van der Waals surface area contributed by atoms with Crippen molar-refractivity contribution in [1.29, 1.82) is 0 Å². The summed E-state index contributed by atoms with van der Waals surface area (Å²) in [6.45, 7) is 65.7. The maximum absolute atomic E-state index is 12.3. The molecule has 0 aromatic carbocycles. The van der Waals surface area contributed by atoms with Crippen LogP contribution in [0.5, 0.6) is 0 Å². The van der Waals surface area contributed by atoms with E-state index < -0.39 is 21.7 Å². The van der Waals surface area contributed by atoms with Crippen molar-refractivity contribution in [1.82, 2.24) is 21.3 Å². The van der Waals surface area contributed by atoms with Gasteiger partial charge in [-0.05, 0) is 105 Å². The predicted octanol–water partition coefficient (Wildman–Crippen LogP) is 10.2. The van der Waals surface area contributed by atoms with Crippen LogP contribution in [0.25, 0.3) is 0 Å². The van der Waals surface area contributed by atoms with Gasteiger partial charge in [-0.2, -0.15) is 0 Å². The molecule has 0 spiro atoms. The Morgan fingerprint density at radius 3 is 0.692 bits per heavy atom. The van der Waals surface area contributed by atoms with Gasteiger partial charge in [0.1, 0.15) is 0 Å². The lowest BCUT2D eigenvalue weighted by molar-refractivity contribution is -0.120. The SMILES string of the molecule is C=C(C)C(=O)NCCCOCC(CNC(=O)C(=C)C)(COCCCNC(=O)C(=C)C)COCCCNC(=O)C(=C)C.C=CCCCOCC(CO)(COCCCC=C)COCCCC=C.C=CCCOCC(CO)(COCCC=C)COCCC=C.C=CCOCC(CO)(COCC=C)COCC=C. The van der Waals surface area contributed by atoms with Gasteiger partial charge in [-0.15, -0.1) is 59.2 Å². The minimum atomic E-state index is -0.728. The molecule has 0 unspecified atom stereocenters. The Labute approximate surface area is 627 Å². The van der Waals surface area contributed by atoms with Crippen LogP contribution in [0, 0.1) is 21.7 Å². The highest BCUT2D eigenvalue weighted by Gasteiger charge is 2.35. The Hall–Kier alpha value is -6.10. The van der Waals surface area contributed by atoms with Crippen molar-refractivity contribution in [2.75, 3.05) is 205 Å². The largest absolute Gasteiger partial charge is 0.396 e. The predicted molar refractivity (Wildman–Crippen MR) is 419 cm³/mol. The summed E-state index contributed by atoms with van der Waals surface area (Å²) in [6.07, 6.45) is 25.8. The van der Waals surface area contributed by atoms with E-state index >= 15 is 0 Å². The highest BCUT2D eigenvalue weighted by atomic mass is 16.5. The van der Waals surface area contributed by atoms with Crippen molar-refractivity contribution in [2.24, 2.45) is 21.7 Å². The van der Waals surface area contributed by atoms with Gasteiger partial charge in [0.25, 0.3) is 0 Å². The summed E-state index contributed by atoms with van der Waals surface area (Å²) in [5.41, 5.74) is -0.637. The van der Waals surface area contributed by atoms with E-state index in [1.807, 2.05) is 36.5 Å². The molecule has 0 rings (SSSR count). The number of carbonyl (C=O) groups is 4. The molecule has 0 aliphatic rings. The van der Waals surface area contributed by atoms with Gasteiger partial charge in [-0.3, -0.25) is 19.2 Å². The zero-order valence-corrected chi connectivity index (χ0v) is 64.7. The molecule has 0 aromatic rings. The zero-order valence-electron chi connectivity index (χ0n) is 64.7. The number of amides is 4. The standard InChI is InChI=1S/C30H50N4O7.C20H36O4.C17H30O4.C14H24O4/c1-22(2)26(35)31-12-9-15-39-19-30(18-34-29(38)25(7)8,20-40-16-10-13-32-27(36)23(3)4)21-41-17-11-14-33-28(37)24(5)6;1-4-7-10-13-22-17-20(16-21,18-23-14-11-8-5-2)19-24-15-12-9-6-3;1-4-7-10-19-14-17(13-18,15-20-11-8-5-2)16-21-12-9-6-3;1-4-7-16-11-14(10-15,12-17-8-5-2)13-18-9-6-3/h1,3,5,7,9-21H2,2,4,6,8H3,(H,31,35)(H,32,36)(H,33,37)(H,34,38);4-6,21H,1-3,7-19H2;4-6,18H,1-3,7-16H2;4-6,15H,1-3,7-13H2. The van der Waals surface area contributed by atoms with Crippen LogP contribution < -0.4 is 21.3 Å². The molecule has 0 saturated heterocycles. The Balaban J connectivity index is -0.000000681. The number of carbonyl (C=O) groups excluding carboxylic acids is 4. The van der Waals surface area contributed by atoms with Crippen molar-refractivity contribution in [3.8, 4) is 0 Å². The zero-order chi connectivity index (χ0) is 78.7. The third-order valence-electron chi connectivity index (χ3n) is 14.5. The maximum Gasteiger partial charge on any atom is 0.246 e. The fourth-order valence-electron chi connectivity index (χ4n) is 8.23. The molecule has 23 heteroatoms. The summed E-state index contributed by atoms with van der Waals surface area (Å²) < 4.78 is 68.2. The van der Waals surface area contributed by atoms with E-state index in [9.17, 15) is 34.5 Å². The number of hydrogen-bond donors (Lipinski definition) is 7. The molecule has 0 heterocycles. The third-order valence-corrected chi connectivity index (χ3v) is 14.5. The summed E-state index contributed by atoms with van der Waals surface area (Å²) in [6, 6.07) is 0. The molecule has 0 atom stereocenters. The quantitative estimate of drug-likeness (QED) is 0.0169. The van der Waals surface area contributed by atoms with Gasteiger partial charge in [0.15, 0.2) is 0 Å². The van der Waals surface area contributed by atoms with Crippen molar-refractivity contribution >= 4 is 23.6 Å². The molecular formula is C81H140N4O19. The Morgan fingerprint density at radius 1 is 0.279 bits per heavy atom. The number of nitrogens with one attached hydrogen (secondary N) is 4. The van der Waals surface area contributed by atoms with Gasteiger partial charge < -0.3 is 93.4 Å². The topological polar surface area (TPSA) is 288 Å². The van der Waals surface area contributed by atoms with Crippen LogP contribution in [0.15, 0.2) is 163 Å². The lowest BCUT2D eigenvalue weighted by Crippen LogP contribution is -2.47. The summed E-state index contributed by atoms with van der Waals surface area (Å²) in [5.74, 6) is -0.908. The van der Waals surface area contributed by atoms with Crippen LogP contribution in [-0.4, -0.2) is 244 Å². The van der Waals surface area contributed by atoms with E-state index in [0.29, 0.717) is 200 Å². The number of allylic oxidation sites excluding steroid dienone is 3. The van der Waals surface area contributed by atoms with Crippen molar-refractivity contribution < 1.29 is 91.3 Å². The van der Waals surface area contributed by atoms with Gasteiger partial charge in [0, 0.05) is 88.1 Å². The lowest BCUT2D eigenvalue weighted by Gasteiger charge is -2.33. The van der Waals surface area contributed by atoms with E-state index in [1.165, 1.54) is 0 Å². The van der Waals surface area contributed by atoms with E-state index in [1.54, 1.807) is 45.9 Å². The summed E-state index contributed by atoms with van der Waals surface area (Å²) in [4.78, 5) is 47.4. The summed E-state index contributed by atoms with van der Waals surface area (Å²) in [7, 11) is 0. The fraction of sp³-hybridized carbons (Fsp3) is 0.630. The van der Waals surface area contributed by atoms with Crippen LogP contribution in [0.1, 0.15) is 105 Å². The third kappa shape index (κ3) is 62.1. The van der Waals surface area contributed by atoms with Crippen LogP contribution in [0.4, 0.5) is 0 Å². The molecule has 104 heavy (non-hydrogen) atoms. The van der Waals surface area contributed by atoms with E-state index in [-0.39, 0.29) is 69.8 Å². The van der Waals surface area contributed by atoms with E-state index in [2.05, 4.69) is 107 Å². The molecule has 4 amide bonds. The second-order valence-corrected chi connectivity index (χ2v) is 25.5. The fourth-order valence-corrected chi connectivity index (χ4v) is 8.23. The van der Waals surface area contributed by atoms with Crippen LogP contribution >= 0.6 is 0 Å². The van der Waals surface area contributed by atoms with Crippen LogP contribution in [-0.2, 0) is 76.0 Å². The van der Waals surface area contributed by atoms with Gasteiger partial charge in [-0.25, -0.2) is 0 Å². The Kier molecular flexibility index (Phi) is 74.0. The number of unbranched alkanes of at least 4 members (excludes halogenated alkanes) is 3. The second-order valence-electron chi connectivity index (χ2n) is 25.5. The molecule has 0 saturated carbocycles. The average molecular weight is 1470 g/mol. The minimum absolute atomic E-state index is 0.0165. The molecule has 7 N–H and O–H groups in total. The first kappa shape index (κ1) is 104. The number of aliphatic hydroxyl groups is 3. The van der Waals surface area contributed by atoms with Gasteiger partial charge in [0.05, 0.1) is 160 Å². The number of ether oxygens (including phenoxy) is 12. The number of rotatable bonds is 72. The second kappa shape index (κ2) is 73.8. The summed E-state index contributed by atoms with van der Waals surface area (Å²) in [5, 5.41) is 40.4. The van der Waals surface area contributed by atoms with Crippen molar-refractivity contribution in [2.45, 2.75) is 105 Å². The molecule has 0 aliphatic carbocycles. The molecule has 598 valence electrons. The molecular weight excluding hydrogens is 1330 g/mol. The monoisotopic (exact) mass is 1470 g/mol. The lowest BCUT2D eigenvalue weighted by atomic mass is 9.90. The van der Waals surface area contributed by atoms with E-state index in [4.69, 9.17) is 56.8 Å². The molecule has 0 aromatic heterocycles. The smallest absolute Gasteiger partial charge is 0.246 e. The first-order valence-electron chi connectivity index (χ1n) is 36.0. The van der Waals surface area contributed by atoms with Crippen LogP contribution in [0.2, 0.25) is 0 Å². The molecule has 0 radical (unpaired) electrons. The maximum atomic E-state index is 12.3. The highest BCUT2D eigenvalue weighted by Crippen LogP contribution is 2.24. The first-order chi connectivity index (χ1) is 50.0. The first-order valence-corrected chi connectivity index (χ1v) is 36.0. The molecule has 23 nitrogen and oxygen atoms in total. The van der Waals surface area contributed by atoms with Crippen molar-refractivity contribution in [3.63, 3.8) is 0 Å². The molecule has 0 fully saturated rings. The van der Waals surface area contributed by atoms with Crippen LogP contribution in [0.3, 0.4) is 0 Å². The minimum Gasteiger partial charge on any atom is -0.396 e. The summed E-state index contributed by atoms with van der Waals surface area (Å²) >= 11 is 0. The van der Waals surface area contributed by atoms with Gasteiger partial charge in [-0.1, -0.05) is 81.0 Å². The Morgan fingerprint density at radius 2 is 0.481 bits per heavy atom. The van der Waals surface area contributed by atoms with Gasteiger partial charge in [0.2, 0.25) is 23.6 Å². The normalized spacial score (nSPS) is 11.1. The molecule has 0 bridgehead atoms. The average Bonchev–Trinajstić information content (AvgIpc) is 0.880. The highest BCUT2D eigenvalue weighted by molar-refractivity contribution is 5.93. The van der Waals surface area contributed by atoms with Crippen molar-refractivity contribution in [3.05, 3.63) is 163 Å². The number of hydrogen-bond acceptors (Lipinski definition) is 19. The van der Waals surface area contributed by atoms with E-state index in [0.717, 1.165) is 57.8 Å². The molecule has 0 aliphatic heterocycles. The van der Waals surface area contributed by atoms with Gasteiger partial charge >= 0.3 is 0 Å². The Bertz CT molecular complexity index is 2130. The number of aliphatic hydroxyl groups excluding tert-OH is 3.